The lowest BCUT2D eigenvalue weighted by molar-refractivity contribution is 1.19. The summed E-state index contributed by atoms with van der Waals surface area (Å²) in [5.41, 5.74) is 12.4. The van der Waals surface area contributed by atoms with E-state index in [4.69, 9.17) is 0 Å². The van der Waals surface area contributed by atoms with Gasteiger partial charge in [-0.25, -0.2) is 0 Å². The van der Waals surface area contributed by atoms with Crippen LogP contribution in [0.3, 0.4) is 0 Å². The molecular formula is C54H34N2P2. The summed E-state index contributed by atoms with van der Waals surface area (Å²) >= 11 is 0. The molecule has 13 rings (SSSR count). The molecule has 4 heteroatoms. The van der Waals surface area contributed by atoms with Crippen LogP contribution in [0.15, 0.2) is 194 Å². The molecule has 0 saturated carbocycles. The van der Waals surface area contributed by atoms with Crippen LogP contribution in [0, 0.1) is 0 Å². The molecule has 0 amide bonds. The lowest BCUT2D eigenvalue weighted by Crippen LogP contribution is -1.93. The van der Waals surface area contributed by atoms with E-state index in [0.29, 0.717) is 16.4 Å². The van der Waals surface area contributed by atoms with Crippen LogP contribution in [0.25, 0.3) is 119 Å². The van der Waals surface area contributed by atoms with Crippen molar-refractivity contribution in [3.05, 3.63) is 194 Å². The van der Waals surface area contributed by atoms with Crippen molar-refractivity contribution in [1.82, 2.24) is 9.13 Å². The zero-order valence-corrected chi connectivity index (χ0v) is 33.4. The number of rotatable bonds is 4. The van der Waals surface area contributed by atoms with Crippen molar-refractivity contribution in [1.29, 1.82) is 0 Å². The topological polar surface area (TPSA) is 9.86 Å². The lowest BCUT2D eigenvalue weighted by Gasteiger charge is -2.09. The van der Waals surface area contributed by atoms with Crippen LogP contribution in [0.2, 0.25) is 0 Å². The molecule has 0 aliphatic carbocycles. The Morgan fingerprint density at radius 3 is 0.966 bits per heavy atom. The zero-order valence-electron chi connectivity index (χ0n) is 31.4. The molecule has 4 heterocycles. The molecule has 58 heavy (non-hydrogen) atoms. The largest absolute Gasteiger partial charge is 0.309 e. The van der Waals surface area contributed by atoms with Crippen LogP contribution in [0.4, 0.5) is 0 Å². The summed E-state index contributed by atoms with van der Waals surface area (Å²) in [6.45, 7) is 0. The fraction of sp³-hybridized carbons (Fsp3) is 0. The van der Waals surface area contributed by atoms with E-state index in [2.05, 4.69) is 203 Å². The number of para-hydroxylation sites is 4. The minimum atomic E-state index is 0.664. The van der Waals surface area contributed by atoms with Crippen LogP contribution >= 0.6 is 16.4 Å². The van der Waals surface area contributed by atoms with E-state index in [1.165, 1.54) is 119 Å². The molecule has 0 radical (unpaired) electrons. The second-order valence-electron chi connectivity index (χ2n) is 15.6. The van der Waals surface area contributed by atoms with Gasteiger partial charge in [-0.3, -0.25) is 0 Å². The molecule has 2 nitrogen and oxygen atoms in total. The van der Waals surface area contributed by atoms with Crippen molar-refractivity contribution in [2.24, 2.45) is 0 Å². The van der Waals surface area contributed by atoms with Gasteiger partial charge in [0.25, 0.3) is 0 Å². The van der Waals surface area contributed by atoms with Gasteiger partial charge in [-0.15, -0.1) is 16.4 Å². The maximum Gasteiger partial charge on any atom is 0.0541 e. The van der Waals surface area contributed by atoms with Gasteiger partial charge in [0.1, 0.15) is 0 Å². The first-order valence-electron chi connectivity index (χ1n) is 19.9. The van der Waals surface area contributed by atoms with E-state index < -0.39 is 0 Å². The van der Waals surface area contributed by atoms with Crippen molar-refractivity contribution in [2.75, 3.05) is 0 Å². The first-order valence-corrected chi connectivity index (χ1v) is 21.9. The molecule has 0 spiro atoms. The Morgan fingerprint density at radius 1 is 0.241 bits per heavy atom. The second kappa shape index (κ2) is 12.3. The van der Waals surface area contributed by atoms with Crippen LogP contribution in [0.1, 0.15) is 0 Å². The molecule has 4 aromatic heterocycles. The first kappa shape index (κ1) is 32.3. The molecule has 13 aromatic rings. The van der Waals surface area contributed by atoms with Gasteiger partial charge in [-0.1, -0.05) is 103 Å². The van der Waals surface area contributed by atoms with E-state index in [0.717, 1.165) is 0 Å². The maximum atomic E-state index is 2.43. The Labute approximate surface area is 337 Å². The Kier molecular flexibility index (Phi) is 6.87. The Hall–Kier alpha value is -6.82. The number of hydrogen-bond acceptors (Lipinski definition) is 0. The van der Waals surface area contributed by atoms with Gasteiger partial charge in [0, 0.05) is 32.9 Å². The highest BCUT2D eigenvalue weighted by atomic mass is 31.0. The number of nitrogens with zero attached hydrogens (tertiary/aromatic N) is 2. The van der Waals surface area contributed by atoms with Gasteiger partial charge >= 0.3 is 0 Å². The van der Waals surface area contributed by atoms with Crippen molar-refractivity contribution in [2.45, 2.75) is 0 Å². The highest BCUT2D eigenvalue weighted by Crippen LogP contribution is 2.44. The average molecular weight is 773 g/mol. The second-order valence-corrected chi connectivity index (χ2v) is 18.2. The fourth-order valence-corrected chi connectivity index (χ4v) is 12.3. The van der Waals surface area contributed by atoms with E-state index in [9.17, 15) is 0 Å². The van der Waals surface area contributed by atoms with E-state index in [1.54, 1.807) is 0 Å². The first-order chi connectivity index (χ1) is 28.7. The van der Waals surface area contributed by atoms with Gasteiger partial charge in [-0.05, 0) is 155 Å². The molecule has 0 N–H and O–H groups in total. The summed E-state index contributed by atoms with van der Waals surface area (Å²) in [5, 5.41) is 16.3. The van der Waals surface area contributed by atoms with Gasteiger partial charge in [0.2, 0.25) is 0 Å². The molecule has 2 atom stereocenters. The third-order valence-electron chi connectivity index (χ3n) is 12.4. The molecule has 0 aliphatic rings. The van der Waals surface area contributed by atoms with Crippen molar-refractivity contribution in [3.63, 3.8) is 0 Å². The zero-order chi connectivity index (χ0) is 37.9. The van der Waals surface area contributed by atoms with Crippen molar-refractivity contribution in [3.8, 4) is 33.6 Å². The summed E-state index contributed by atoms with van der Waals surface area (Å²) in [6.07, 6.45) is 0. The molecule has 0 fully saturated rings. The minimum absolute atomic E-state index is 0.664. The summed E-state index contributed by atoms with van der Waals surface area (Å²) in [7, 11) is 1.33. The maximum absolute atomic E-state index is 2.43. The normalized spacial score (nSPS) is 12.4. The Balaban J connectivity index is 0.909. The minimum Gasteiger partial charge on any atom is -0.309 e. The fourth-order valence-electron chi connectivity index (χ4n) is 9.69. The van der Waals surface area contributed by atoms with Crippen molar-refractivity contribution < 1.29 is 0 Å². The predicted octanol–water partition coefficient (Wildman–Crippen LogP) is 15.9. The van der Waals surface area contributed by atoms with Crippen molar-refractivity contribution >= 4 is 102 Å². The van der Waals surface area contributed by atoms with Crippen LogP contribution < -0.4 is 0 Å². The Bertz CT molecular complexity index is 3460. The van der Waals surface area contributed by atoms with E-state index >= 15 is 0 Å². The summed E-state index contributed by atoms with van der Waals surface area (Å²) in [5.74, 6) is 0. The molecule has 0 bridgehead atoms. The molecule has 0 aliphatic heterocycles. The quantitative estimate of drug-likeness (QED) is 0.169. The molecule has 270 valence electrons. The molecular weight excluding hydrogens is 739 g/mol. The number of hydrogen-bond donors (Lipinski definition) is 0. The summed E-state index contributed by atoms with van der Waals surface area (Å²) in [6, 6.07) is 72.6. The third kappa shape index (κ3) is 4.74. The van der Waals surface area contributed by atoms with Crippen LogP contribution in [-0.4, -0.2) is 9.13 Å². The predicted molar refractivity (Wildman–Crippen MR) is 255 cm³/mol. The van der Waals surface area contributed by atoms with Gasteiger partial charge in [0.15, 0.2) is 0 Å². The third-order valence-corrected chi connectivity index (χ3v) is 15.2. The SMILES string of the molecule is c1cc(-c2ccc3[pH]c4ccc(-n5c6ccccc6c6ccccc65)cc4c3c2)cc(-c2ccc3[pH]c4ccc(-n5c6ccccc6c6ccccc65)cc4c3c2)c1. The lowest BCUT2D eigenvalue weighted by atomic mass is 9.97. The van der Waals surface area contributed by atoms with Gasteiger partial charge in [-0.2, -0.15) is 0 Å². The smallest absolute Gasteiger partial charge is 0.0541 e. The monoisotopic (exact) mass is 772 g/mol. The highest BCUT2D eigenvalue weighted by molar-refractivity contribution is 7.44. The van der Waals surface area contributed by atoms with Gasteiger partial charge < -0.3 is 9.13 Å². The number of aromatic nitrogens is 2. The van der Waals surface area contributed by atoms with E-state index in [1.807, 2.05) is 0 Å². The average Bonchev–Trinajstić information content (AvgIpc) is 4.03. The highest BCUT2D eigenvalue weighted by Gasteiger charge is 2.16. The van der Waals surface area contributed by atoms with E-state index in [-0.39, 0.29) is 0 Å². The summed E-state index contributed by atoms with van der Waals surface area (Å²) < 4.78 is 4.86. The molecule has 0 saturated heterocycles. The van der Waals surface area contributed by atoms with Crippen LogP contribution in [-0.2, 0) is 0 Å². The van der Waals surface area contributed by atoms with Crippen LogP contribution in [0.5, 0.6) is 0 Å². The number of fused-ring (bicyclic) bond motifs is 12. The molecule has 9 aromatic carbocycles. The summed E-state index contributed by atoms with van der Waals surface area (Å²) in [4.78, 5) is 0. The Morgan fingerprint density at radius 2 is 0.569 bits per heavy atom. The molecule has 2 unspecified atom stereocenters. The van der Waals surface area contributed by atoms with Gasteiger partial charge in [0.05, 0.1) is 22.1 Å². The standard InChI is InChI=1S/C54H34N2P2/c1-5-16-47-39(12-1)40-13-2-6-17-48(40)55(47)37-22-26-53-45(31-37)43-29-35(20-24-51(43)57-53)33-10-9-11-34(28-33)36-21-25-52-44(30-36)46-32-38(23-27-54(46)58-52)56-49-18-7-3-14-41(49)42-15-4-8-19-50(42)56/h1-32,57-58H. The number of benzene rings is 9.